The van der Waals surface area contributed by atoms with Crippen LogP contribution in [0.1, 0.15) is 62.5 Å². The fraction of sp³-hybridized carbons (Fsp3) is 0.556. The number of benzene rings is 1. The number of piperidine rings is 1. The van der Waals surface area contributed by atoms with Crippen LogP contribution in [0.25, 0.3) is 0 Å². The molecule has 1 unspecified atom stereocenters. The van der Waals surface area contributed by atoms with Crippen LogP contribution in [-0.4, -0.2) is 56.3 Å². The molecular weight excluding hydrogens is 458 g/mol. The maximum absolute atomic E-state index is 13.9. The molecule has 3 heterocycles. The van der Waals surface area contributed by atoms with Crippen LogP contribution in [-0.2, 0) is 22.7 Å². The molecule has 2 saturated heterocycles. The number of hydrogen-bond donors (Lipinski definition) is 3. The Bertz CT molecular complexity index is 1190. The number of nitrogens with zero attached hydrogens (tertiary/aromatic N) is 2. The number of aromatic nitrogens is 2. The number of carbonyl (C=O) groups is 2. The summed E-state index contributed by atoms with van der Waals surface area (Å²) in [7, 11) is 0. The van der Waals surface area contributed by atoms with E-state index in [1.807, 2.05) is 35.2 Å². The molecule has 2 aromatic rings. The third-order valence-corrected chi connectivity index (χ3v) is 8.26. The van der Waals surface area contributed by atoms with Gasteiger partial charge in [-0.3, -0.25) is 24.3 Å². The zero-order valence-corrected chi connectivity index (χ0v) is 20.6. The van der Waals surface area contributed by atoms with Crippen LogP contribution in [0.5, 0.6) is 0 Å². The van der Waals surface area contributed by atoms with Crippen molar-refractivity contribution in [3.63, 3.8) is 0 Å². The predicted molar refractivity (Wildman–Crippen MR) is 135 cm³/mol. The second kappa shape index (κ2) is 10.4. The molecule has 192 valence electrons. The summed E-state index contributed by atoms with van der Waals surface area (Å²) in [6, 6.07) is 9.41. The van der Waals surface area contributed by atoms with Gasteiger partial charge in [0.1, 0.15) is 11.6 Å². The summed E-state index contributed by atoms with van der Waals surface area (Å²) < 4.78 is 0. The first kappa shape index (κ1) is 24.5. The lowest BCUT2D eigenvalue weighted by Gasteiger charge is -2.52. The summed E-state index contributed by atoms with van der Waals surface area (Å²) in [5.74, 6) is 0.452. The number of carbonyl (C=O) groups excluding carboxylic acids is 2. The van der Waals surface area contributed by atoms with Gasteiger partial charge >= 0.3 is 5.69 Å². The van der Waals surface area contributed by atoms with Crippen LogP contribution < -0.4 is 16.6 Å². The van der Waals surface area contributed by atoms with Gasteiger partial charge in [-0.15, -0.1) is 0 Å². The minimum absolute atomic E-state index is 0.0227. The average Bonchev–Trinajstić information content (AvgIpc) is 2.89. The van der Waals surface area contributed by atoms with Gasteiger partial charge in [-0.05, 0) is 30.7 Å². The zero-order valence-electron chi connectivity index (χ0n) is 20.6. The summed E-state index contributed by atoms with van der Waals surface area (Å²) >= 11 is 0. The third-order valence-electron chi connectivity index (χ3n) is 8.26. The van der Waals surface area contributed by atoms with Crippen molar-refractivity contribution in [2.75, 3.05) is 13.1 Å². The van der Waals surface area contributed by atoms with Gasteiger partial charge < -0.3 is 15.2 Å². The highest BCUT2D eigenvalue weighted by molar-refractivity contribution is 6.00. The first-order valence-electron chi connectivity index (χ1n) is 13.1. The van der Waals surface area contributed by atoms with E-state index in [0.29, 0.717) is 56.9 Å². The van der Waals surface area contributed by atoms with Crippen molar-refractivity contribution in [2.45, 2.75) is 76.0 Å². The Hall–Kier alpha value is -3.20. The van der Waals surface area contributed by atoms with Gasteiger partial charge in [0.25, 0.3) is 5.56 Å². The number of hydrogen-bond acceptors (Lipinski definition) is 5. The standard InChI is InChI=1S/C27H35N5O4/c33-23-21(16-28-26(36)30-23)18-31-13-11-27(12-14-31)25(35)29-22(15-19-7-3-1-4-8-19)24(34)32(27)17-20-9-5-2-6-10-20/h2,5-6,9-10,16,19,22H,1,3-4,7-8,11-15,17-18H2,(H,29,35)(H2,28,30,33,36). The van der Waals surface area contributed by atoms with Crippen LogP contribution in [0.3, 0.4) is 0 Å². The Kier molecular flexibility index (Phi) is 7.09. The summed E-state index contributed by atoms with van der Waals surface area (Å²) in [6.07, 6.45) is 9.06. The Labute approximate surface area is 210 Å². The second-order valence-corrected chi connectivity index (χ2v) is 10.6. The number of rotatable bonds is 6. The number of H-pyrrole nitrogens is 2. The third kappa shape index (κ3) is 5.02. The molecule has 36 heavy (non-hydrogen) atoms. The van der Waals surface area contributed by atoms with E-state index in [-0.39, 0.29) is 11.8 Å². The molecule has 3 N–H and O–H groups in total. The number of piperazine rings is 1. The van der Waals surface area contributed by atoms with Crippen LogP contribution in [0.2, 0.25) is 0 Å². The monoisotopic (exact) mass is 493 g/mol. The lowest BCUT2D eigenvalue weighted by Crippen LogP contribution is -2.72. The lowest BCUT2D eigenvalue weighted by molar-refractivity contribution is -0.163. The largest absolute Gasteiger partial charge is 0.342 e. The van der Waals surface area contributed by atoms with E-state index >= 15 is 0 Å². The van der Waals surface area contributed by atoms with Crippen molar-refractivity contribution in [1.29, 1.82) is 0 Å². The molecule has 9 heteroatoms. The second-order valence-electron chi connectivity index (χ2n) is 10.6. The molecule has 1 saturated carbocycles. The van der Waals surface area contributed by atoms with E-state index in [1.165, 1.54) is 25.5 Å². The summed E-state index contributed by atoms with van der Waals surface area (Å²) in [6.45, 7) is 1.92. The lowest BCUT2D eigenvalue weighted by atomic mass is 9.79. The summed E-state index contributed by atoms with van der Waals surface area (Å²) in [4.78, 5) is 59.8. The molecule has 0 radical (unpaired) electrons. The van der Waals surface area contributed by atoms with Crippen molar-refractivity contribution in [3.8, 4) is 0 Å². The zero-order chi connectivity index (χ0) is 25.1. The van der Waals surface area contributed by atoms with Crippen LogP contribution in [0.15, 0.2) is 46.1 Å². The van der Waals surface area contributed by atoms with E-state index < -0.39 is 22.8 Å². The van der Waals surface area contributed by atoms with Crippen LogP contribution >= 0.6 is 0 Å². The van der Waals surface area contributed by atoms with E-state index in [9.17, 15) is 19.2 Å². The highest BCUT2D eigenvalue weighted by atomic mass is 16.2. The number of likely N-dealkylation sites (tertiary alicyclic amines) is 1. The van der Waals surface area contributed by atoms with Crippen molar-refractivity contribution in [1.82, 2.24) is 25.1 Å². The maximum Gasteiger partial charge on any atom is 0.325 e. The Balaban J connectivity index is 1.35. The highest BCUT2D eigenvalue weighted by Gasteiger charge is 2.53. The Morgan fingerprint density at radius 1 is 0.917 bits per heavy atom. The first-order chi connectivity index (χ1) is 17.4. The van der Waals surface area contributed by atoms with Crippen molar-refractivity contribution >= 4 is 11.8 Å². The summed E-state index contributed by atoms with van der Waals surface area (Å²) in [5, 5.41) is 3.13. The molecule has 1 aromatic heterocycles. The fourth-order valence-corrected chi connectivity index (χ4v) is 6.16. The van der Waals surface area contributed by atoms with Gasteiger partial charge in [0.2, 0.25) is 11.8 Å². The maximum atomic E-state index is 13.9. The van der Waals surface area contributed by atoms with E-state index in [1.54, 1.807) is 0 Å². The minimum Gasteiger partial charge on any atom is -0.342 e. The van der Waals surface area contributed by atoms with Gasteiger partial charge in [0, 0.05) is 37.9 Å². The summed E-state index contributed by atoms with van der Waals surface area (Å²) in [5.41, 5.74) is -0.343. The number of amides is 2. The topological polar surface area (TPSA) is 118 Å². The Morgan fingerprint density at radius 2 is 1.64 bits per heavy atom. The molecule has 1 aliphatic carbocycles. The normalized spacial score (nSPS) is 23.1. The smallest absolute Gasteiger partial charge is 0.325 e. The first-order valence-corrected chi connectivity index (χ1v) is 13.1. The molecular formula is C27H35N5O4. The molecule has 9 nitrogen and oxygen atoms in total. The van der Waals surface area contributed by atoms with Crippen LogP contribution in [0.4, 0.5) is 0 Å². The molecule has 3 fully saturated rings. The number of aromatic amines is 2. The fourth-order valence-electron chi connectivity index (χ4n) is 6.16. The molecule has 1 atom stereocenters. The van der Waals surface area contributed by atoms with Crippen molar-refractivity contribution < 1.29 is 9.59 Å². The molecule has 1 spiro atoms. The van der Waals surface area contributed by atoms with Crippen molar-refractivity contribution in [3.05, 3.63) is 68.5 Å². The van der Waals surface area contributed by atoms with Crippen molar-refractivity contribution in [2.24, 2.45) is 5.92 Å². The molecule has 0 bridgehead atoms. The molecule has 1 aromatic carbocycles. The van der Waals surface area contributed by atoms with Crippen LogP contribution in [0, 0.1) is 5.92 Å². The van der Waals surface area contributed by atoms with Gasteiger partial charge in [-0.25, -0.2) is 4.79 Å². The average molecular weight is 494 g/mol. The van der Waals surface area contributed by atoms with E-state index in [4.69, 9.17) is 0 Å². The van der Waals surface area contributed by atoms with Gasteiger partial charge in [-0.2, -0.15) is 0 Å². The van der Waals surface area contributed by atoms with Gasteiger partial charge in [0.05, 0.1) is 0 Å². The molecule has 2 amide bonds. The van der Waals surface area contributed by atoms with Gasteiger partial charge in [0.15, 0.2) is 0 Å². The van der Waals surface area contributed by atoms with E-state index in [0.717, 1.165) is 18.4 Å². The quantitative estimate of drug-likeness (QED) is 0.568. The Morgan fingerprint density at radius 3 is 2.33 bits per heavy atom. The highest BCUT2D eigenvalue weighted by Crippen LogP contribution is 2.37. The molecule has 3 aliphatic rings. The molecule has 5 rings (SSSR count). The number of nitrogens with one attached hydrogen (secondary N) is 3. The predicted octanol–water partition coefficient (Wildman–Crippen LogP) is 1.90. The van der Waals surface area contributed by atoms with Gasteiger partial charge in [-0.1, -0.05) is 62.4 Å². The SMILES string of the molecule is O=C1C(CC2CCCCC2)NC(=O)C2(CCN(Cc3c[nH]c(=O)[nH]c3=O)CC2)N1Cc1ccccc1. The van der Waals surface area contributed by atoms with E-state index in [2.05, 4.69) is 20.2 Å². The molecule has 2 aliphatic heterocycles. The minimum atomic E-state index is -0.899.